The largest absolute Gasteiger partial charge is 0.318 e. The van der Waals surface area contributed by atoms with Crippen LogP contribution in [-0.4, -0.2) is 5.54 Å². The Morgan fingerprint density at radius 3 is 1.75 bits per heavy atom. The van der Waals surface area contributed by atoms with Gasteiger partial charge in [0.2, 0.25) is 0 Å². The smallest absolute Gasteiger partial charge is 0.0651 e. The van der Waals surface area contributed by atoms with Crippen LogP contribution in [0.5, 0.6) is 0 Å². The first-order valence-electron chi connectivity index (χ1n) is 3.95. The van der Waals surface area contributed by atoms with E-state index in [-0.39, 0.29) is 0 Å². The lowest BCUT2D eigenvalue weighted by molar-refractivity contribution is 0.586. The van der Waals surface area contributed by atoms with Crippen molar-refractivity contribution in [3.8, 4) is 0 Å². The molecule has 66 valence electrons. The molecule has 0 saturated carbocycles. The van der Waals surface area contributed by atoms with Crippen LogP contribution in [0.25, 0.3) is 0 Å². The van der Waals surface area contributed by atoms with Crippen LogP contribution in [0.2, 0.25) is 0 Å². The van der Waals surface area contributed by atoms with Gasteiger partial charge >= 0.3 is 0 Å². The second kappa shape index (κ2) is 4.07. The summed E-state index contributed by atoms with van der Waals surface area (Å²) in [4.78, 5) is 0. The molecular weight excluding hydrogens is 146 g/mol. The third-order valence-corrected chi connectivity index (χ3v) is 2.20. The zero-order valence-corrected chi connectivity index (χ0v) is 7.77. The Kier molecular flexibility index (Phi) is 3.71. The zero-order valence-electron chi connectivity index (χ0n) is 7.77. The van der Waals surface area contributed by atoms with E-state index in [1.54, 1.807) is 12.2 Å². The van der Waals surface area contributed by atoms with Gasteiger partial charge in [0, 0.05) is 0 Å². The minimum atomic E-state index is -0.566. The highest BCUT2D eigenvalue weighted by Gasteiger charge is 2.26. The van der Waals surface area contributed by atoms with Gasteiger partial charge in [0.15, 0.2) is 0 Å². The summed E-state index contributed by atoms with van der Waals surface area (Å²) < 4.78 is 0. The summed E-state index contributed by atoms with van der Waals surface area (Å²) in [5.74, 6) is 0. The fraction of sp³-hybridized carbons (Fsp3) is 0.273. The van der Waals surface area contributed by atoms with E-state index in [0.29, 0.717) is 0 Å². The molecule has 0 aliphatic heterocycles. The molecule has 0 aromatic carbocycles. The molecule has 0 bridgehead atoms. The van der Waals surface area contributed by atoms with Crippen molar-refractivity contribution in [1.82, 2.24) is 0 Å². The van der Waals surface area contributed by atoms with Gasteiger partial charge in [0.05, 0.1) is 5.54 Å². The summed E-state index contributed by atoms with van der Waals surface area (Å²) in [5.41, 5.74) is 7.07. The summed E-state index contributed by atoms with van der Waals surface area (Å²) in [5, 5.41) is 0. The van der Waals surface area contributed by atoms with Crippen LogP contribution in [0.3, 0.4) is 0 Å². The Morgan fingerprint density at radius 1 is 1.25 bits per heavy atom. The molecule has 0 rings (SSSR count). The summed E-state index contributed by atoms with van der Waals surface area (Å²) in [6, 6.07) is 0. The quantitative estimate of drug-likeness (QED) is 0.619. The van der Waals surface area contributed by atoms with Crippen molar-refractivity contribution in [1.29, 1.82) is 0 Å². The first-order valence-corrected chi connectivity index (χ1v) is 3.95. The Balaban J connectivity index is 4.90. The van der Waals surface area contributed by atoms with Gasteiger partial charge in [-0.1, -0.05) is 45.4 Å². The second-order valence-corrected chi connectivity index (χ2v) is 2.78. The van der Waals surface area contributed by atoms with Crippen molar-refractivity contribution in [2.24, 2.45) is 5.73 Å². The van der Waals surface area contributed by atoms with E-state index in [1.165, 1.54) is 0 Å². The molecule has 0 saturated heterocycles. The molecule has 0 aliphatic carbocycles. The van der Waals surface area contributed by atoms with Gasteiger partial charge in [-0.15, -0.1) is 0 Å². The molecule has 0 aliphatic rings. The van der Waals surface area contributed by atoms with Gasteiger partial charge in [-0.3, -0.25) is 0 Å². The Labute approximate surface area is 75.0 Å². The average molecular weight is 163 g/mol. The molecule has 1 nitrogen and oxygen atoms in total. The molecule has 0 amide bonds. The van der Waals surface area contributed by atoms with Gasteiger partial charge in [-0.25, -0.2) is 0 Å². The lowest BCUT2D eigenvalue weighted by Gasteiger charge is -2.29. The van der Waals surface area contributed by atoms with Gasteiger partial charge in [-0.05, 0) is 17.6 Å². The maximum Gasteiger partial charge on any atom is 0.0651 e. The summed E-state index contributed by atoms with van der Waals surface area (Å²) in [6.45, 7) is 16.9. The van der Waals surface area contributed by atoms with Gasteiger partial charge < -0.3 is 5.73 Å². The third kappa shape index (κ3) is 1.74. The first-order chi connectivity index (χ1) is 5.52. The maximum absolute atomic E-state index is 6.06. The van der Waals surface area contributed by atoms with E-state index in [9.17, 15) is 0 Å². The van der Waals surface area contributed by atoms with Crippen LogP contribution in [0.1, 0.15) is 13.3 Å². The van der Waals surface area contributed by atoms with Crippen molar-refractivity contribution < 1.29 is 0 Å². The topological polar surface area (TPSA) is 26.0 Å². The molecule has 12 heavy (non-hydrogen) atoms. The Bertz CT molecular complexity index is 203. The van der Waals surface area contributed by atoms with E-state index in [4.69, 9.17) is 5.73 Å². The minimum Gasteiger partial charge on any atom is -0.318 e. The molecule has 0 unspecified atom stereocenters. The standard InChI is InChI=1S/C11H17N/c1-6-9(4)11(12,8-3)10(5)7-2/h6-7H,1-2,4-5,8,12H2,3H3. The molecule has 0 atom stereocenters. The molecule has 1 heteroatoms. The van der Waals surface area contributed by atoms with Crippen molar-refractivity contribution in [3.05, 3.63) is 49.6 Å². The number of nitrogens with two attached hydrogens (primary N) is 1. The van der Waals surface area contributed by atoms with Crippen LogP contribution in [-0.2, 0) is 0 Å². The molecule has 0 fully saturated rings. The van der Waals surface area contributed by atoms with Crippen LogP contribution >= 0.6 is 0 Å². The Hall–Kier alpha value is -1.08. The fourth-order valence-corrected chi connectivity index (χ4v) is 1.02. The van der Waals surface area contributed by atoms with E-state index >= 15 is 0 Å². The zero-order chi connectivity index (χ0) is 9.78. The van der Waals surface area contributed by atoms with Gasteiger partial charge in [-0.2, -0.15) is 0 Å². The summed E-state index contributed by atoms with van der Waals surface area (Å²) in [6.07, 6.45) is 4.08. The third-order valence-electron chi connectivity index (χ3n) is 2.20. The molecular formula is C11H17N. The van der Waals surface area contributed by atoms with Gasteiger partial charge in [0.1, 0.15) is 0 Å². The lowest BCUT2D eigenvalue weighted by atomic mass is 9.82. The number of rotatable bonds is 5. The highest BCUT2D eigenvalue weighted by molar-refractivity contribution is 5.41. The van der Waals surface area contributed by atoms with Crippen LogP contribution in [0.4, 0.5) is 0 Å². The monoisotopic (exact) mass is 163 g/mol. The normalized spacial score (nSPS) is 10.5. The Morgan fingerprint density at radius 2 is 1.58 bits per heavy atom. The van der Waals surface area contributed by atoms with E-state index in [1.807, 2.05) is 6.92 Å². The minimum absolute atomic E-state index is 0.566. The average Bonchev–Trinajstić information content (AvgIpc) is 2.13. The second-order valence-electron chi connectivity index (χ2n) is 2.78. The van der Waals surface area contributed by atoms with E-state index in [0.717, 1.165) is 17.6 Å². The summed E-state index contributed by atoms with van der Waals surface area (Å²) >= 11 is 0. The fourth-order valence-electron chi connectivity index (χ4n) is 1.02. The summed E-state index contributed by atoms with van der Waals surface area (Å²) in [7, 11) is 0. The van der Waals surface area contributed by atoms with E-state index in [2.05, 4.69) is 26.3 Å². The predicted octanol–water partition coefficient (Wildman–Crippen LogP) is 2.58. The molecule has 0 radical (unpaired) electrons. The van der Waals surface area contributed by atoms with Gasteiger partial charge in [0.25, 0.3) is 0 Å². The number of hydrogen-bond acceptors (Lipinski definition) is 1. The number of hydrogen-bond donors (Lipinski definition) is 1. The molecule has 0 aromatic heterocycles. The molecule has 0 heterocycles. The lowest BCUT2D eigenvalue weighted by Crippen LogP contribution is -2.41. The highest BCUT2D eigenvalue weighted by Crippen LogP contribution is 2.25. The van der Waals surface area contributed by atoms with Crippen molar-refractivity contribution >= 4 is 0 Å². The van der Waals surface area contributed by atoms with Crippen molar-refractivity contribution in [2.75, 3.05) is 0 Å². The van der Waals surface area contributed by atoms with Crippen molar-refractivity contribution in [3.63, 3.8) is 0 Å². The van der Waals surface area contributed by atoms with E-state index < -0.39 is 5.54 Å². The first kappa shape index (κ1) is 10.9. The van der Waals surface area contributed by atoms with Crippen LogP contribution < -0.4 is 5.73 Å². The molecule has 2 N–H and O–H groups in total. The maximum atomic E-state index is 6.06. The molecule has 0 spiro atoms. The predicted molar refractivity (Wildman–Crippen MR) is 55.9 cm³/mol. The highest BCUT2D eigenvalue weighted by atomic mass is 14.7. The molecule has 0 aromatic rings. The van der Waals surface area contributed by atoms with Crippen LogP contribution in [0.15, 0.2) is 49.6 Å². The van der Waals surface area contributed by atoms with Crippen molar-refractivity contribution in [2.45, 2.75) is 18.9 Å². The SMILES string of the molecule is C=CC(=C)C(N)(CC)C(=C)C=C. The van der Waals surface area contributed by atoms with Crippen LogP contribution in [0, 0.1) is 0 Å².